The molecule has 0 aliphatic carbocycles. The number of carbonyl (C=O) groups is 2. The summed E-state index contributed by atoms with van der Waals surface area (Å²) in [6.07, 6.45) is 1.19. The summed E-state index contributed by atoms with van der Waals surface area (Å²) in [6, 6.07) is 14.1. The van der Waals surface area contributed by atoms with Crippen LogP contribution in [0.4, 0.5) is 5.00 Å². The van der Waals surface area contributed by atoms with E-state index in [1.165, 1.54) is 17.6 Å². The van der Waals surface area contributed by atoms with Gasteiger partial charge in [0.1, 0.15) is 6.61 Å². The van der Waals surface area contributed by atoms with Gasteiger partial charge in [0, 0.05) is 6.54 Å². The first-order valence-electron chi connectivity index (χ1n) is 9.26. The number of likely N-dealkylation sites (N-methyl/N-ethyl adjacent to an activating group) is 1. The molecule has 2 amide bonds. The highest BCUT2D eigenvalue weighted by Gasteiger charge is 2.26. The van der Waals surface area contributed by atoms with Crippen LogP contribution in [0.1, 0.15) is 27.2 Å². The number of rotatable bonds is 6. The zero-order chi connectivity index (χ0) is 20.2. The molecule has 0 bridgehead atoms. The highest BCUT2D eigenvalue weighted by Crippen LogP contribution is 2.31. The third kappa shape index (κ3) is 4.27. The standard InChI is InChI=1S/C21H20N2O5S/c1-2-23(12-14-13-27-15-6-3-4-7-16(15)28-14)21(25)18-9-10-19(29-18)22-20(24)17-8-5-11-26-17/h3-11,14H,2,12-13H2,1H3,(H,22,24). The van der Waals surface area contributed by atoms with Gasteiger partial charge in [-0.3, -0.25) is 9.59 Å². The molecule has 1 aliphatic rings. The van der Waals surface area contributed by atoms with Crippen molar-refractivity contribution in [2.45, 2.75) is 13.0 Å². The molecule has 8 heteroatoms. The first-order chi connectivity index (χ1) is 14.1. The summed E-state index contributed by atoms with van der Waals surface area (Å²) in [5.74, 6) is 1.16. The van der Waals surface area contributed by atoms with E-state index < -0.39 is 0 Å². The van der Waals surface area contributed by atoms with Crippen LogP contribution < -0.4 is 14.8 Å². The minimum absolute atomic E-state index is 0.113. The molecule has 1 aromatic carbocycles. The number of nitrogens with zero attached hydrogens (tertiary/aromatic N) is 1. The van der Waals surface area contributed by atoms with Crippen LogP contribution in [-0.2, 0) is 0 Å². The first-order valence-corrected chi connectivity index (χ1v) is 10.1. The van der Waals surface area contributed by atoms with Crippen LogP contribution in [0.5, 0.6) is 11.5 Å². The van der Waals surface area contributed by atoms with Crippen molar-refractivity contribution in [3.8, 4) is 11.5 Å². The molecule has 150 valence electrons. The fourth-order valence-corrected chi connectivity index (χ4v) is 3.88. The summed E-state index contributed by atoms with van der Waals surface area (Å²) in [5.41, 5.74) is 0. The summed E-state index contributed by atoms with van der Waals surface area (Å²) in [7, 11) is 0. The van der Waals surface area contributed by atoms with Crippen LogP contribution in [-0.4, -0.2) is 42.5 Å². The number of carbonyl (C=O) groups excluding carboxylic acids is 2. The number of hydrogen-bond donors (Lipinski definition) is 1. The fraction of sp³-hybridized carbons (Fsp3) is 0.238. The van der Waals surface area contributed by atoms with Gasteiger partial charge in [0.25, 0.3) is 11.8 Å². The Morgan fingerprint density at radius 3 is 2.72 bits per heavy atom. The molecule has 3 heterocycles. The van der Waals surface area contributed by atoms with Crippen molar-refractivity contribution in [3.63, 3.8) is 0 Å². The van der Waals surface area contributed by atoms with Crippen molar-refractivity contribution < 1.29 is 23.5 Å². The van der Waals surface area contributed by atoms with Crippen molar-refractivity contribution in [1.29, 1.82) is 0 Å². The van der Waals surface area contributed by atoms with Gasteiger partial charge >= 0.3 is 0 Å². The van der Waals surface area contributed by atoms with Crippen molar-refractivity contribution >= 4 is 28.2 Å². The van der Waals surface area contributed by atoms with E-state index in [9.17, 15) is 9.59 Å². The second-order valence-electron chi connectivity index (χ2n) is 6.44. The van der Waals surface area contributed by atoms with Crippen LogP contribution in [0.2, 0.25) is 0 Å². The minimum Gasteiger partial charge on any atom is -0.486 e. The minimum atomic E-state index is -0.352. The lowest BCUT2D eigenvalue weighted by Gasteiger charge is -2.30. The number of anilines is 1. The third-order valence-corrected chi connectivity index (χ3v) is 5.45. The number of benzene rings is 1. The SMILES string of the molecule is CCN(CC1COc2ccccc2O1)C(=O)c1ccc(NC(=O)c2ccco2)s1. The second kappa shape index (κ2) is 8.40. The van der Waals surface area contributed by atoms with Crippen LogP contribution in [0.25, 0.3) is 0 Å². The normalized spacial score (nSPS) is 15.0. The van der Waals surface area contributed by atoms with E-state index >= 15 is 0 Å². The smallest absolute Gasteiger partial charge is 0.291 e. The molecule has 0 fully saturated rings. The van der Waals surface area contributed by atoms with Crippen molar-refractivity contribution in [2.75, 3.05) is 25.0 Å². The number of thiophene rings is 1. The van der Waals surface area contributed by atoms with Crippen LogP contribution >= 0.6 is 11.3 Å². The maximum atomic E-state index is 12.9. The van der Waals surface area contributed by atoms with E-state index in [4.69, 9.17) is 13.9 Å². The Balaban J connectivity index is 1.39. The molecule has 1 unspecified atom stereocenters. The van der Waals surface area contributed by atoms with E-state index in [1.54, 1.807) is 29.2 Å². The average Bonchev–Trinajstić information content (AvgIpc) is 3.44. The van der Waals surface area contributed by atoms with Crippen molar-refractivity contribution in [2.24, 2.45) is 0 Å². The Bertz CT molecular complexity index is 998. The number of para-hydroxylation sites is 2. The average molecular weight is 412 g/mol. The fourth-order valence-electron chi connectivity index (χ4n) is 3.01. The lowest BCUT2D eigenvalue weighted by Crippen LogP contribution is -2.43. The van der Waals surface area contributed by atoms with Gasteiger partial charge < -0.3 is 24.1 Å². The van der Waals surface area contributed by atoms with Crippen LogP contribution in [0.15, 0.2) is 59.2 Å². The molecule has 4 rings (SSSR count). The Morgan fingerprint density at radius 1 is 1.14 bits per heavy atom. The molecule has 7 nitrogen and oxygen atoms in total. The summed E-state index contributed by atoms with van der Waals surface area (Å²) >= 11 is 1.22. The van der Waals surface area contributed by atoms with Gasteiger partial charge in [0.05, 0.1) is 22.7 Å². The van der Waals surface area contributed by atoms with Crippen molar-refractivity contribution in [1.82, 2.24) is 4.90 Å². The zero-order valence-electron chi connectivity index (χ0n) is 15.8. The van der Waals surface area contributed by atoms with Crippen LogP contribution in [0.3, 0.4) is 0 Å². The maximum absolute atomic E-state index is 12.9. The predicted octanol–water partition coefficient (Wildman–Crippen LogP) is 3.90. The molecule has 0 saturated heterocycles. The molecule has 1 N–H and O–H groups in total. The van der Waals surface area contributed by atoms with Crippen molar-refractivity contribution in [3.05, 3.63) is 65.4 Å². The van der Waals surface area contributed by atoms with E-state index in [-0.39, 0.29) is 23.7 Å². The van der Waals surface area contributed by atoms with Gasteiger partial charge in [-0.15, -0.1) is 11.3 Å². The Morgan fingerprint density at radius 2 is 1.97 bits per heavy atom. The zero-order valence-corrected chi connectivity index (χ0v) is 16.6. The molecule has 1 aliphatic heterocycles. The number of amides is 2. The molecule has 1 atom stereocenters. The summed E-state index contributed by atoms with van der Waals surface area (Å²) < 4.78 is 16.8. The maximum Gasteiger partial charge on any atom is 0.291 e. The lowest BCUT2D eigenvalue weighted by atomic mass is 10.2. The highest BCUT2D eigenvalue weighted by atomic mass is 32.1. The molecule has 29 heavy (non-hydrogen) atoms. The molecule has 2 aromatic heterocycles. The predicted molar refractivity (Wildman–Crippen MR) is 109 cm³/mol. The summed E-state index contributed by atoms with van der Waals surface area (Å²) in [5, 5.41) is 3.32. The van der Waals surface area contributed by atoms with E-state index in [2.05, 4.69) is 5.32 Å². The molecular weight excluding hydrogens is 392 g/mol. The van der Waals surface area contributed by atoms with Gasteiger partial charge in [-0.2, -0.15) is 0 Å². The van der Waals surface area contributed by atoms with Gasteiger partial charge in [-0.1, -0.05) is 12.1 Å². The van der Waals surface area contributed by atoms with E-state index in [0.29, 0.717) is 41.1 Å². The van der Waals surface area contributed by atoms with Gasteiger partial charge in [0.15, 0.2) is 23.4 Å². The third-order valence-electron chi connectivity index (χ3n) is 4.46. The lowest BCUT2D eigenvalue weighted by molar-refractivity contribution is 0.0478. The molecule has 0 saturated carbocycles. The van der Waals surface area contributed by atoms with E-state index in [0.717, 1.165) is 0 Å². The summed E-state index contributed by atoms with van der Waals surface area (Å²) in [4.78, 5) is 27.3. The number of ether oxygens (including phenoxy) is 2. The van der Waals surface area contributed by atoms with Gasteiger partial charge in [0.2, 0.25) is 0 Å². The Labute approximate surface area is 171 Å². The quantitative estimate of drug-likeness (QED) is 0.664. The molecule has 0 spiro atoms. The summed E-state index contributed by atoms with van der Waals surface area (Å²) in [6.45, 7) is 3.25. The number of hydrogen-bond acceptors (Lipinski definition) is 6. The second-order valence-corrected chi connectivity index (χ2v) is 7.52. The van der Waals surface area contributed by atoms with E-state index in [1.807, 2.05) is 31.2 Å². The Kier molecular flexibility index (Phi) is 5.53. The number of nitrogens with one attached hydrogen (secondary N) is 1. The largest absolute Gasteiger partial charge is 0.486 e. The molecule has 3 aromatic rings. The van der Waals surface area contributed by atoms with Gasteiger partial charge in [-0.05, 0) is 43.3 Å². The molecule has 0 radical (unpaired) electrons. The van der Waals surface area contributed by atoms with Gasteiger partial charge in [-0.25, -0.2) is 0 Å². The Hall–Kier alpha value is -3.26. The number of fused-ring (bicyclic) bond motifs is 1. The monoisotopic (exact) mass is 412 g/mol. The highest BCUT2D eigenvalue weighted by molar-refractivity contribution is 7.18. The first kappa shape index (κ1) is 19.1. The molecular formula is C21H20N2O5S. The van der Waals surface area contributed by atoms with Crippen LogP contribution in [0, 0.1) is 0 Å². The topological polar surface area (TPSA) is 81.0 Å². The number of furan rings is 1.